The minimum atomic E-state index is 0.0409. The number of aromatic nitrogens is 2. The summed E-state index contributed by atoms with van der Waals surface area (Å²) in [6.07, 6.45) is 2.51. The molecule has 0 aliphatic carbocycles. The van der Waals surface area contributed by atoms with Gasteiger partial charge in [-0.2, -0.15) is 0 Å². The van der Waals surface area contributed by atoms with E-state index in [4.69, 9.17) is 0 Å². The number of anilines is 2. The normalized spacial score (nSPS) is 9.94. The zero-order chi connectivity index (χ0) is 13.4. The van der Waals surface area contributed by atoms with Gasteiger partial charge in [-0.15, -0.1) is 0 Å². The summed E-state index contributed by atoms with van der Waals surface area (Å²) in [6.45, 7) is 5.85. The SMILES string of the molecule is CCCNc1cc(NCC(=O)N(C)CC)ncn1. The van der Waals surface area contributed by atoms with E-state index in [1.165, 1.54) is 6.33 Å². The summed E-state index contributed by atoms with van der Waals surface area (Å²) in [5, 5.41) is 6.16. The van der Waals surface area contributed by atoms with E-state index in [1.54, 1.807) is 18.0 Å². The van der Waals surface area contributed by atoms with Gasteiger partial charge in [0.2, 0.25) is 5.91 Å². The van der Waals surface area contributed by atoms with E-state index < -0.39 is 0 Å². The van der Waals surface area contributed by atoms with Crippen LogP contribution in [0.15, 0.2) is 12.4 Å². The second-order valence-corrected chi connectivity index (χ2v) is 3.98. The van der Waals surface area contributed by atoms with Gasteiger partial charge in [0.1, 0.15) is 18.0 Å². The molecule has 0 spiro atoms. The zero-order valence-electron chi connectivity index (χ0n) is 11.2. The third-order valence-electron chi connectivity index (χ3n) is 2.54. The van der Waals surface area contributed by atoms with Crippen LogP contribution in [0.2, 0.25) is 0 Å². The number of likely N-dealkylation sites (N-methyl/N-ethyl adjacent to an activating group) is 1. The summed E-state index contributed by atoms with van der Waals surface area (Å²) in [5.41, 5.74) is 0. The molecule has 1 rings (SSSR count). The molecule has 0 unspecified atom stereocenters. The van der Waals surface area contributed by atoms with Crippen molar-refractivity contribution in [1.29, 1.82) is 0 Å². The molecule has 0 saturated heterocycles. The van der Waals surface area contributed by atoms with E-state index in [9.17, 15) is 4.79 Å². The molecule has 0 atom stereocenters. The average molecular weight is 251 g/mol. The fourth-order valence-corrected chi connectivity index (χ4v) is 1.28. The highest BCUT2D eigenvalue weighted by Gasteiger charge is 2.06. The molecule has 1 amide bonds. The Kier molecular flexibility index (Phi) is 5.90. The predicted molar refractivity (Wildman–Crippen MR) is 72.6 cm³/mol. The van der Waals surface area contributed by atoms with Crippen LogP contribution in [-0.4, -0.2) is 47.5 Å². The maximum absolute atomic E-state index is 11.6. The van der Waals surface area contributed by atoms with Gasteiger partial charge in [0.15, 0.2) is 0 Å². The molecule has 2 N–H and O–H groups in total. The van der Waals surface area contributed by atoms with Gasteiger partial charge in [-0.1, -0.05) is 6.92 Å². The first-order chi connectivity index (χ1) is 8.67. The van der Waals surface area contributed by atoms with Gasteiger partial charge in [0, 0.05) is 26.2 Å². The van der Waals surface area contributed by atoms with Crippen LogP contribution < -0.4 is 10.6 Å². The number of carbonyl (C=O) groups excluding carboxylic acids is 1. The Morgan fingerprint density at radius 3 is 2.56 bits per heavy atom. The van der Waals surface area contributed by atoms with Crippen LogP contribution in [0.5, 0.6) is 0 Å². The van der Waals surface area contributed by atoms with Crippen LogP contribution in [0, 0.1) is 0 Å². The Bertz CT molecular complexity index is 382. The molecule has 0 bridgehead atoms. The molecule has 6 heteroatoms. The molecule has 1 heterocycles. The zero-order valence-corrected chi connectivity index (χ0v) is 11.2. The Balaban J connectivity index is 2.49. The molecule has 0 radical (unpaired) electrons. The molecule has 0 aliphatic rings. The first kappa shape index (κ1) is 14.2. The van der Waals surface area contributed by atoms with Gasteiger partial charge in [-0.05, 0) is 13.3 Å². The van der Waals surface area contributed by atoms with Crippen molar-refractivity contribution < 1.29 is 4.79 Å². The molecule has 6 nitrogen and oxygen atoms in total. The van der Waals surface area contributed by atoms with Crippen molar-refractivity contribution in [2.45, 2.75) is 20.3 Å². The first-order valence-electron chi connectivity index (χ1n) is 6.21. The number of hydrogen-bond donors (Lipinski definition) is 2. The van der Waals surface area contributed by atoms with E-state index in [2.05, 4.69) is 27.5 Å². The molecule has 1 aromatic heterocycles. The van der Waals surface area contributed by atoms with E-state index in [0.29, 0.717) is 12.4 Å². The van der Waals surface area contributed by atoms with Crippen LogP contribution in [-0.2, 0) is 4.79 Å². The van der Waals surface area contributed by atoms with Gasteiger partial charge in [0.05, 0.1) is 6.54 Å². The Morgan fingerprint density at radius 2 is 1.94 bits per heavy atom. The lowest BCUT2D eigenvalue weighted by Crippen LogP contribution is -2.32. The Hall–Kier alpha value is -1.85. The monoisotopic (exact) mass is 251 g/mol. The third kappa shape index (κ3) is 4.57. The van der Waals surface area contributed by atoms with Crippen molar-refractivity contribution in [2.24, 2.45) is 0 Å². The predicted octanol–water partition coefficient (Wildman–Crippen LogP) is 1.19. The van der Waals surface area contributed by atoms with Gasteiger partial charge in [0.25, 0.3) is 0 Å². The van der Waals surface area contributed by atoms with Crippen molar-refractivity contribution in [1.82, 2.24) is 14.9 Å². The fraction of sp³-hybridized carbons (Fsp3) is 0.583. The van der Waals surface area contributed by atoms with Gasteiger partial charge in [-0.3, -0.25) is 4.79 Å². The van der Waals surface area contributed by atoms with Gasteiger partial charge in [-0.25, -0.2) is 9.97 Å². The van der Waals surface area contributed by atoms with Crippen molar-refractivity contribution in [3.05, 3.63) is 12.4 Å². The number of carbonyl (C=O) groups is 1. The lowest BCUT2D eigenvalue weighted by molar-refractivity contribution is -0.127. The fourth-order valence-electron chi connectivity index (χ4n) is 1.28. The minimum Gasteiger partial charge on any atom is -0.370 e. The Morgan fingerprint density at radius 1 is 1.28 bits per heavy atom. The number of nitrogens with one attached hydrogen (secondary N) is 2. The number of nitrogens with zero attached hydrogens (tertiary/aromatic N) is 3. The number of hydrogen-bond acceptors (Lipinski definition) is 5. The number of amides is 1. The van der Waals surface area contributed by atoms with E-state index in [1.807, 2.05) is 6.92 Å². The maximum atomic E-state index is 11.6. The van der Waals surface area contributed by atoms with Gasteiger partial charge >= 0.3 is 0 Å². The van der Waals surface area contributed by atoms with Crippen LogP contribution in [0.1, 0.15) is 20.3 Å². The summed E-state index contributed by atoms with van der Waals surface area (Å²) in [7, 11) is 1.78. The summed E-state index contributed by atoms with van der Waals surface area (Å²) in [5.74, 6) is 1.46. The second-order valence-electron chi connectivity index (χ2n) is 3.98. The van der Waals surface area contributed by atoms with Gasteiger partial charge < -0.3 is 15.5 Å². The van der Waals surface area contributed by atoms with Crippen molar-refractivity contribution >= 4 is 17.5 Å². The molecule has 0 aromatic carbocycles. The molecule has 18 heavy (non-hydrogen) atoms. The maximum Gasteiger partial charge on any atom is 0.241 e. The summed E-state index contributed by atoms with van der Waals surface area (Å²) >= 11 is 0. The lowest BCUT2D eigenvalue weighted by Gasteiger charge is -2.15. The molecule has 0 aliphatic heterocycles. The highest BCUT2D eigenvalue weighted by molar-refractivity contribution is 5.80. The second kappa shape index (κ2) is 7.47. The van der Waals surface area contributed by atoms with E-state index in [-0.39, 0.29) is 12.5 Å². The molecular weight excluding hydrogens is 230 g/mol. The summed E-state index contributed by atoms with van der Waals surface area (Å²) < 4.78 is 0. The quantitative estimate of drug-likeness (QED) is 0.761. The Labute approximate surface area is 108 Å². The molecular formula is C12H21N5O. The highest BCUT2D eigenvalue weighted by Crippen LogP contribution is 2.08. The lowest BCUT2D eigenvalue weighted by atomic mass is 10.4. The standard InChI is InChI=1S/C12H21N5O/c1-4-6-13-10-7-11(16-9-15-10)14-8-12(18)17(3)5-2/h7,9H,4-6,8H2,1-3H3,(H2,13,14,15,16). The van der Waals surface area contributed by atoms with Crippen molar-refractivity contribution in [2.75, 3.05) is 37.3 Å². The van der Waals surface area contributed by atoms with Crippen molar-refractivity contribution in [3.63, 3.8) is 0 Å². The molecule has 1 aromatic rings. The first-order valence-corrected chi connectivity index (χ1v) is 6.21. The highest BCUT2D eigenvalue weighted by atomic mass is 16.2. The summed E-state index contributed by atoms with van der Waals surface area (Å²) in [4.78, 5) is 21.4. The number of rotatable bonds is 7. The van der Waals surface area contributed by atoms with Crippen molar-refractivity contribution in [3.8, 4) is 0 Å². The third-order valence-corrected chi connectivity index (χ3v) is 2.54. The van der Waals surface area contributed by atoms with Crippen LogP contribution in [0.3, 0.4) is 0 Å². The molecule has 0 fully saturated rings. The average Bonchev–Trinajstić information content (AvgIpc) is 2.42. The van der Waals surface area contributed by atoms with E-state index in [0.717, 1.165) is 18.8 Å². The topological polar surface area (TPSA) is 70.2 Å². The molecule has 100 valence electrons. The van der Waals surface area contributed by atoms with Crippen LogP contribution in [0.4, 0.5) is 11.6 Å². The van der Waals surface area contributed by atoms with Crippen LogP contribution >= 0.6 is 0 Å². The van der Waals surface area contributed by atoms with E-state index >= 15 is 0 Å². The summed E-state index contributed by atoms with van der Waals surface area (Å²) in [6, 6.07) is 1.80. The van der Waals surface area contributed by atoms with Crippen LogP contribution in [0.25, 0.3) is 0 Å². The largest absolute Gasteiger partial charge is 0.370 e. The molecule has 0 saturated carbocycles. The smallest absolute Gasteiger partial charge is 0.241 e. The minimum absolute atomic E-state index is 0.0409.